The van der Waals surface area contributed by atoms with Crippen LogP contribution in [-0.2, 0) is 4.74 Å². The molecule has 0 saturated carbocycles. The number of halogens is 1. The van der Waals surface area contributed by atoms with Gasteiger partial charge in [-0.1, -0.05) is 11.6 Å². The summed E-state index contributed by atoms with van der Waals surface area (Å²) in [5.41, 5.74) is 0.785. The molecule has 158 valence electrons. The van der Waals surface area contributed by atoms with Crippen molar-refractivity contribution in [3.05, 3.63) is 28.6 Å². The smallest absolute Gasteiger partial charge is 0.407 e. The van der Waals surface area contributed by atoms with Gasteiger partial charge in [-0.3, -0.25) is 4.79 Å². The lowest BCUT2D eigenvalue weighted by Crippen LogP contribution is -2.46. The Bertz CT molecular complexity index is 1090. The second-order valence-electron chi connectivity index (χ2n) is 6.63. The molecule has 0 atom stereocenters. The number of carbonyl (C=O) groups is 2. The lowest BCUT2D eigenvalue weighted by molar-refractivity contribution is 0.0694. The molecule has 0 aromatic carbocycles. The van der Waals surface area contributed by atoms with Crippen LogP contribution in [-0.4, -0.2) is 69.8 Å². The number of hydrogen-bond acceptors (Lipinski definition) is 8. The Morgan fingerprint density at radius 1 is 1.27 bits per heavy atom. The predicted molar refractivity (Wildman–Crippen MR) is 110 cm³/mol. The number of ether oxygens (including phenoxy) is 2. The summed E-state index contributed by atoms with van der Waals surface area (Å²) in [6, 6.07) is -0.0486. The number of likely N-dealkylation sites (tertiary alicyclic amines) is 1. The molecule has 3 aromatic rings. The zero-order chi connectivity index (χ0) is 21.3. The number of fused-ring (bicyclic) bond motifs is 1. The molecule has 0 spiro atoms. The van der Waals surface area contributed by atoms with Crippen molar-refractivity contribution in [2.24, 2.45) is 0 Å². The average Bonchev–Trinajstić information content (AvgIpc) is 3.37. The summed E-state index contributed by atoms with van der Waals surface area (Å²) in [6.45, 7) is 0.910. The molecule has 30 heavy (non-hydrogen) atoms. The minimum absolute atomic E-state index is 0.0486. The highest BCUT2D eigenvalue weighted by atomic mass is 35.5. The van der Waals surface area contributed by atoms with E-state index < -0.39 is 6.09 Å². The number of thiazole rings is 1. The van der Waals surface area contributed by atoms with E-state index in [1.165, 1.54) is 25.6 Å². The fraction of sp³-hybridized carbons (Fsp3) is 0.389. The molecule has 0 aliphatic carbocycles. The summed E-state index contributed by atoms with van der Waals surface area (Å²) in [4.78, 5) is 35.9. The van der Waals surface area contributed by atoms with Crippen LogP contribution in [0, 0.1) is 0 Å². The summed E-state index contributed by atoms with van der Waals surface area (Å²) < 4.78 is 11.7. The standard InChI is InChI=1S/C18H19ClN6O4S/c1-28-13-12(16(26)24-5-3-10(4-6-24)21-18(27)29-2)22-15(23-14(13)19)11-9-20-25-7-8-30-17(11)25/h7-10H,3-6H2,1-2H3,(H,21,27). The van der Waals surface area contributed by atoms with Gasteiger partial charge in [0.25, 0.3) is 5.91 Å². The number of alkyl carbamates (subject to hydrolysis) is 1. The van der Waals surface area contributed by atoms with E-state index in [0.717, 1.165) is 4.83 Å². The van der Waals surface area contributed by atoms with Gasteiger partial charge in [0.05, 0.1) is 26.0 Å². The molecule has 1 aliphatic rings. The quantitative estimate of drug-likeness (QED) is 0.608. The number of methoxy groups -OCH3 is 2. The third-order valence-corrected chi connectivity index (χ3v) is 6.04. The number of nitrogens with zero attached hydrogens (tertiary/aromatic N) is 5. The third kappa shape index (κ3) is 3.77. The molecule has 0 bridgehead atoms. The average molecular weight is 451 g/mol. The van der Waals surface area contributed by atoms with E-state index in [9.17, 15) is 9.59 Å². The normalized spacial score (nSPS) is 14.7. The van der Waals surface area contributed by atoms with Crippen molar-refractivity contribution in [3.8, 4) is 17.1 Å². The van der Waals surface area contributed by atoms with Crippen LogP contribution in [0.2, 0.25) is 5.15 Å². The first-order chi connectivity index (χ1) is 14.5. The maximum Gasteiger partial charge on any atom is 0.407 e. The van der Waals surface area contributed by atoms with E-state index in [0.29, 0.717) is 37.3 Å². The van der Waals surface area contributed by atoms with Gasteiger partial charge in [-0.25, -0.2) is 19.3 Å². The van der Waals surface area contributed by atoms with Crippen molar-refractivity contribution in [2.75, 3.05) is 27.3 Å². The molecule has 4 rings (SSSR count). The Morgan fingerprint density at radius 3 is 2.73 bits per heavy atom. The van der Waals surface area contributed by atoms with Crippen LogP contribution in [0.15, 0.2) is 17.8 Å². The van der Waals surface area contributed by atoms with Gasteiger partial charge in [0.2, 0.25) is 0 Å². The molecule has 1 aliphatic heterocycles. The van der Waals surface area contributed by atoms with E-state index >= 15 is 0 Å². The zero-order valence-corrected chi connectivity index (χ0v) is 17.9. The molecule has 1 N–H and O–H groups in total. The molecule has 10 nitrogen and oxygen atoms in total. The second kappa shape index (κ2) is 8.44. The molecule has 4 heterocycles. The van der Waals surface area contributed by atoms with Gasteiger partial charge in [-0.2, -0.15) is 5.10 Å². The lowest BCUT2D eigenvalue weighted by atomic mass is 10.0. The van der Waals surface area contributed by atoms with Crippen LogP contribution in [0.3, 0.4) is 0 Å². The number of aromatic nitrogens is 4. The zero-order valence-electron chi connectivity index (χ0n) is 16.3. The first-order valence-electron chi connectivity index (χ1n) is 9.18. The predicted octanol–water partition coefficient (Wildman–Crippen LogP) is 2.48. The number of hydrogen-bond donors (Lipinski definition) is 1. The van der Waals surface area contributed by atoms with Gasteiger partial charge < -0.3 is 19.7 Å². The topological polar surface area (TPSA) is 111 Å². The van der Waals surface area contributed by atoms with Crippen molar-refractivity contribution >= 4 is 39.8 Å². The highest BCUT2D eigenvalue weighted by Crippen LogP contribution is 2.32. The number of amides is 2. The Hall–Kier alpha value is -2.92. The molecule has 1 saturated heterocycles. The third-order valence-electron chi connectivity index (χ3n) is 4.89. The highest BCUT2D eigenvalue weighted by molar-refractivity contribution is 7.16. The van der Waals surface area contributed by atoms with Crippen molar-refractivity contribution in [1.29, 1.82) is 0 Å². The molecule has 0 radical (unpaired) electrons. The van der Waals surface area contributed by atoms with Gasteiger partial charge in [-0.05, 0) is 12.8 Å². The number of carbonyl (C=O) groups excluding carboxylic acids is 2. The first kappa shape index (κ1) is 20.4. The molecule has 3 aromatic heterocycles. The van der Waals surface area contributed by atoms with Crippen molar-refractivity contribution in [2.45, 2.75) is 18.9 Å². The van der Waals surface area contributed by atoms with E-state index in [1.807, 2.05) is 11.6 Å². The molecule has 1 fully saturated rings. The number of rotatable bonds is 4. The Labute approximate surface area is 180 Å². The van der Waals surface area contributed by atoms with Crippen LogP contribution in [0.4, 0.5) is 4.79 Å². The first-order valence-corrected chi connectivity index (χ1v) is 10.4. The van der Waals surface area contributed by atoms with Crippen LogP contribution < -0.4 is 10.1 Å². The van der Waals surface area contributed by atoms with E-state index in [2.05, 4.69) is 25.1 Å². The maximum absolute atomic E-state index is 13.2. The largest absolute Gasteiger partial charge is 0.491 e. The maximum atomic E-state index is 13.2. The molecule has 12 heteroatoms. The van der Waals surface area contributed by atoms with Crippen LogP contribution in [0.25, 0.3) is 16.2 Å². The minimum Gasteiger partial charge on any atom is -0.491 e. The lowest BCUT2D eigenvalue weighted by Gasteiger charge is -2.32. The van der Waals surface area contributed by atoms with Gasteiger partial charge in [-0.15, -0.1) is 11.3 Å². The summed E-state index contributed by atoms with van der Waals surface area (Å²) in [7, 11) is 2.74. The van der Waals surface area contributed by atoms with Crippen molar-refractivity contribution < 1.29 is 19.1 Å². The minimum atomic E-state index is -0.477. The number of nitrogens with one attached hydrogen (secondary N) is 1. The summed E-state index contributed by atoms with van der Waals surface area (Å²) in [6.07, 6.45) is 4.20. The Kier molecular flexibility index (Phi) is 5.73. The molecular weight excluding hydrogens is 432 g/mol. The summed E-state index contributed by atoms with van der Waals surface area (Å²) in [5, 5.41) is 8.98. The van der Waals surface area contributed by atoms with Crippen LogP contribution in [0.1, 0.15) is 23.3 Å². The van der Waals surface area contributed by atoms with E-state index in [4.69, 9.17) is 16.3 Å². The fourth-order valence-corrected chi connectivity index (χ4v) is 4.39. The van der Waals surface area contributed by atoms with Crippen LogP contribution in [0.5, 0.6) is 5.75 Å². The van der Waals surface area contributed by atoms with Gasteiger partial charge in [0, 0.05) is 30.7 Å². The monoisotopic (exact) mass is 450 g/mol. The SMILES string of the molecule is COC(=O)NC1CCN(C(=O)c2nc(-c3cnn4ccsc34)nc(Cl)c2OC)CC1. The van der Waals surface area contributed by atoms with E-state index in [-0.39, 0.29) is 28.5 Å². The van der Waals surface area contributed by atoms with Crippen molar-refractivity contribution in [1.82, 2.24) is 29.8 Å². The van der Waals surface area contributed by atoms with Gasteiger partial charge in [0.15, 0.2) is 22.4 Å². The Morgan fingerprint density at radius 2 is 2.03 bits per heavy atom. The fourth-order valence-electron chi connectivity index (χ4n) is 3.35. The van der Waals surface area contributed by atoms with Gasteiger partial charge in [0.1, 0.15) is 4.83 Å². The number of piperidine rings is 1. The van der Waals surface area contributed by atoms with Gasteiger partial charge >= 0.3 is 6.09 Å². The Balaban J connectivity index is 1.60. The highest BCUT2D eigenvalue weighted by Gasteiger charge is 2.29. The summed E-state index contributed by atoms with van der Waals surface area (Å²) in [5.74, 6) is 0.141. The van der Waals surface area contributed by atoms with Crippen LogP contribution >= 0.6 is 22.9 Å². The van der Waals surface area contributed by atoms with E-state index in [1.54, 1.807) is 15.6 Å². The second-order valence-corrected chi connectivity index (χ2v) is 7.89. The summed E-state index contributed by atoms with van der Waals surface area (Å²) >= 11 is 7.81. The molecule has 2 amide bonds. The molecule has 0 unspecified atom stereocenters. The molecular formula is C18H19ClN6O4S. The van der Waals surface area contributed by atoms with Crippen molar-refractivity contribution in [3.63, 3.8) is 0 Å².